The molecule has 1 aliphatic rings. The number of benzene rings is 1. The minimum Gasteiger partial charge on any atom is -0.398 e. The number of anilines is 1. The Balaban J connectivity index is 2.33. The molecule has 1 aromatic rings. The predicted octanol–water partition coefficient (Wildman–Crippen LogP) is 3.12. The van der Waals surface area contributed by atoms with Crippen molar-refractivity contribution in [3.8, 4) is 0 Å². The Morgan fingerprint density at radius 2 is 1.89 bits per heavy atom. The lowest BCUT2D eigenvalue weighted by Crippen LogP contribution is -2.47. The van der Waals surface area contributed by atoms with E-state index < -0.39 is 5.82 Å². The summed E-state index contributed by atoms with van der Waals surface area (Å²) in [6, 6.07) is 3.26. The van der Waals surface area contributed by atoms with E-state index in [1.807, 2.05) is 18.7 Å². The SMILES string of the molecule is Cc1c(N)cc(C(=O)N2C(C)CCCC2C)cc1F. The molecule has 0 bridgehead atoms. The molecule has 0 spiro atoms. The lowest BCUT2D eigenvalue weighted by atomic mass is 9.96. The summed E-state index contributed by atoms with van der Waals surface area (Å²) in [5.41, 5.74) is 6.83. The number of likely N-dealkylation sites (tertiary alicyclic amines) is 1. The van der Waals surface area contributed by atoms with Gasteiger partial charge in [0.15, 0.2) is 0 Å². The van der Waals surface area contributed by atoms with Crippen LogP contribution in [-0.2, 0) is 0 Å². The van der Waals surface area contributed by atoms with Crippen LogP contribution < -0.4 is 5.73 Å². The molecule has 104 valence electrons. The van der Waals surface area contributed by atoms with Crippen LogP contribution in [0.25, 0.3) is 0 Å². The van der Waals surface area contributed by atoms with Crippen LogP contribution in [0.15, 0.2) is 12.1 Å². The van der Waals surface area contributed by atoms with Crippen LogP contribution in [0.4, 0.5) is 10.1 Å². The highest BCUT2D eigenvalue weighted by molar-refractivity contribution is 5.95. The van der Waals surface area contributed by atoms with Crippen LogP contribution in [0.2, 0.25) is 0 Å². The van der Waals surface area contributed by atoms with Crippen molar-refractivity contribution in [2.75, 3.05) is 5.73 Å². The highest BCUT2D eigenvalue weighted by atomic mass is 19.1. The third-order valence-corrected chi connectivity index (χ3v) is 4.06. The normalized spacial score (nSPS) is 23.5. The molecular weight excluding hydrogens is 243 g/mol. The number of piperidine rings is 1. The number of rotatable bonds is 1. The van der Waals surface area contributed by atoms with Crippen molar-refractivity contribution in [2.45, 2.75) is 52.1 Å². The van der Waals surface area contributed by atoms with Crippen molar-refractivity contribution < 1.29 is 9.18 Å². The maximum atomic E-state index is 13.7. The molecule has 4 heteroatoms. The van der Waals surface area contributed by atoms with E-state index in [0.717, 1.165) is 19.3 Å². The first-order chi connectivity index (χ1) is 8.91. The van der Waals surface area contributed by atoms with E-state index >= 15 is 0 Å². The first kappa shape index (κ1) is 13.8. The fourth-order valence-electron chi connectivity index (χ4n) is 2.79. The van der Waals surface area contributed by atoms with Gasteiger partial charge >= 0.3 is 0 Å². The average Bonchev–Trinajstić information content (AvgIpc) is 2.35. The lowest BCUT2D eigenvalue weighted by molar-refractivity contribution is 0.0510. The molecule has 3 nitrogen and oxygen atoms in total. The molecule has 1 aromatic carbocycles. The van der Waals surface area contributed by atoms with Crippen LogP contribution in [-0.4, -0.2) is 22.9 Å². The number of amides is 1. The second-order valence-electron chi connectivity index (χ2n) is 5.51. The van der Waals surface area contributed by atoms with Gasteiger partial charge in [-0.3, -0.25) is 4.79 Å². The zero-order valence-corrected chi connectivity index (χ0v) is 11.7. The monoisotopic (exact) mass is 264 g/mol. The van der Waals surface area contributed by atoms with E-state index in [4.69, 9.17) is 5.73 Å². The number of hydrogen-bond donors (Lipinski definition) is 1. The summed E-state index contributed by atoms with van der Waals surface area (Å²) in [5, 5.41) is 0. The largest absolute Gasteiger partial charge is 0.398 e. The minimum atomic E-state index is -0.416. The quantitative estimate of drug-likeness (QED) is 0.792. The molecule has 1 fully saturated rings. The van der Waals surface area contributed by atoms with Gasteiger partial charge in [0.1, 0.15) is 5.82 Å². The number of carbonyl (C=O) groups excluding carboxylic acids is 1. The average molecular weight is 264 g/mol. The van der Waals surface area contributed by atoms with Gasteiger partial charge in [0.2, 0.25) is 0 Å². The van der Waals surface area contributed by atoms with Crippen LogP contribution in [0.1, 0.15) is 49.0 Å². The fourth-order valence-corrected chi connectivity index (χ4v) is 2.79. The zero-order chi connectivity index (χ0) is 14.2. The molecule has 1 saturated heterocycles. The van der Waals surface area contributed by atoms with Gasteiger partial charge < -0.3 is 10.6 Å². The van der Waals surface area contributed by atoms with Crippen molar-refractivity contribution in [2.24, 2.45) is 0 Å². The summed E-state index contributed by atoms with van der Waals surface area (Å²) in [6.45, 7) is 5.70. The van der Waals surface area contributed by atoms with Crippen molar-refractivity contribution in [3.05, 3.63) is 29.1 Å². The summed E-state index contributed by atoms with van der Waals surface area (Å²) < 4.78 is 13.7. The van der Waals surface area contributed by atoms with Crippen molar-refractivity contribution in [1.82, 2.24) is 4.90 Å². The number of nitrogens with two attached hydrogens (primary N) is 1. The highest BCUT2D eigenvalue weighted by Gasteiger charge is 2.30. The second-order valence-corrected chi connectivity index (χ2v) is 5.51. The fraction of sp³-hybridized carbons (Fsp3) is 0.533. The van der Waals surface area contributed by atoms with Crippen molar-refractivity contribution >= 4 is 11.6 Å². The third kappa shape index (κ3) is 2.57. The van der Waals surface area contributed by atoms with Crippen molar-refractivity contribution in [3.63, 3.8) is 0 Å². The van der Waals surface area contributed by atoms with E-state index in [2.05, 4.69) is 0 Å². The molecule has 1 amide bonds. The maximum Gasteiger partial charge on any atom is 0.254 e. The predicted molar refractivity (Wildman–Crippen MR) is 74.5 cm³/mol. The first-order valence-corrected chi connectivity index (χ1v) is 6.80. The van der Waals surface area contributed by atoms with Gasteiger partial charge in [0.25, 0.3) is 5.91 Å². The summed E-state index contributed by atoms with van der Waals surface area (Å²) in [5.74, 6) is -0.536. The molecule has 0 aromatic heterocycles. The van der Waals surface area contributed by atoms with Gasteiger partial charge in [-0.1, -0.05) is 0 Å². The molecule has 2 unspecified atom stereocenters. The number of halogens is 1. The van der Waals surface area contributed by atoms with Crippen LogP contribution in [0.3, 0.4) is 0 Å². The molecule has 2 atom stereocenters. The lowest BCUT2D eigenvalue weighted by Gasteiger charge is -2.39. The minimum absolute atomic E-state index is 0.120. The van der Waals surface area contributed by atoms with Gasteiger partial charge in [-0.2, -0.15) is 0 Å². The Kier molecular flexibility index (Phi) is 3.78. The summed E-state index contributed by atoms with van der Waals surface area (Å²) >= 11 is 0. The molecule has 0 saturated carbocycles. The number of nitrogens with zero attached hydrogens (tertiary/aromatic N) is 1. The first-order valence-electron chi connectivity index (χ1n) is 6.80. The van der Waals surface area contributed by atoms with Gasteiger partial charge in [-0.05, 0) is 52.2 Å². The Labute approximate surface area is 113 Å². The van der Waals surface area contributed by atoms with Crippen LogP contribution >= 0.6 is 0 Å². The summed E-state index contributed by atoms with van der Waals surface area (Å²) in [4.78, 5) is 14.4. The van der Waals surface area contributed by atoms with Crippen molar-refractivity contribution in [1.29, 1.82) is 0 Å². The number of hydrogen-bond acceptors (Lipinski definition) is 2. The van der Waals surface area contributed by atoms with Gasteiger partial charge in [-0.15, -0.1) is 0 Å². The zero-order valence-electron chi connectivity index (χ0n) is 11.7. The Morgan fingerprint density at radius 3 is 2.42 bits per heavy atom. The molecule has 2 rings (SSSR count). The Hall–Kier alpha value is -1.58. The molecule has 0 radical (unpaired) electrons. The molecule has 19 heavy (non-hydrogen) atoms. The highest BCUT2D eigenvalue weighted by Crippen LogP contribution is 2.26. The van der Waals surface area contributed by atoms with Gasteiger partial charge in [0, 0.05) is 28.9 Å². The number of nitrogen functional groups attached to an aromatic ring is 1. The van der Waals surface area contributed by atoms with Crippen LogP contribution in [0.5, 0.6) is 0 Å². The van der Waals surface area contributed by atoms with Crippen LogP contribution in [0, 0.1) is 12.7 Å². The molecule has 0 aliphatic carbocycles. The summed E-state index contributed by atoms with van der Waals surface area (Å²) in [7, 11) is 0. The van der Waals surface area contributed by atoms with E-state index in [9.17, 15) is 9.18 Å². The third-order valence-electron chi connectivity index (χ3n) is 4.06. The smallest absolute Gasteiger partial charge is 0.254 e. The molecular formula is C15H21FN2O. The standard InChI is InChI=1S/C15H21FN2O/c1-9-5-4-6-10(2)18(9)15(19)12-7-13(16)11(3)14(17)8-12/h7-10H,4-6,17H2,1-3H3. The number of carbonyl (C=O) groups is 1. The molecule has 2 N–H and O–H groups in total. The topological polar surface area (TPSA) is 46.3 Å². The van der Waals surface area contributed by atoms with E-state index in [-0.39, 0.29) is 18.0 Å². The molecule has 1 aliphatic heterocycles. The van der Waals surface area contributed by atoms with Gasteiger partial charge in [0.05, 0.1) is 0 Å². The Morgan fingerprint density at radius 1 is 1.32 bits per heavy atom. The van der Waals surface area contributed by atoms with E-state index in [1.54, 1.807) is 13.0 Å². The maximum absolute atomic E-state index is 13.7. The molecule has 1 heterocycles. The summed E-state index contributed by atoms with van der Waals surface area (Å²) in [6.07, 6.45) is 3.14. The van der Waals surface area contributed by atoms with Gasteiger partial charge in [-0.25, -0.2) is 4.39 Å². The Bertz CT molecular complexity index is 468. The van der Waals surface area contributed by atoms with E-state index in [0.29, 0.717) is 16.8 Å². The van der Waals surface area contributed by atoms with E-state index in [1.165, 1.54) is 6.07 Å². The second kappa shape index (κ2) is 5.19.